The van der Waals surface area contributed by atoms with Gasteiger partial charge in [0.2, 0.25) is 0 Å². The quantitative estimate of drug-likeness (QED) is 0.730. The van der Waals surface area contributed by atoms with Crippen molar-refractivity contribution in [1.82, 2.24) is 0 Å². The third-order valence-electron chi connectivity index (χ3n) is 2.70. The van der Waals surface area contributed by atoms with Gasteiger partial charge in [-0.3, -0.25) is 0 Å². The van der Waals surface area contributed by atoms with E-state index in [1.807, 2.05) is 22.7 Å². The van der Waals surface area contributed by atoms with E-state index in [9.17, 15) is 0 Å². The second-order valence-electron chi connectivity index (χ2n) is 3.67. The Balaban J connectivity index is 2.63. The van der Waals surface area contributed by atoms with Crippen LogP contribution < -0.4 is 3.58 Å². The standard InChI is InChI=1S/C11H11S2.CH3.Sn/c1-7-4-5-12-11(7)10-6-8(2)9(3)13-10;;/h4-5H,1-3H3;1H3;. The fraction of sp³-hybridized carbons (Fsp3) is 0.333. The van der Waals surface area contributed by atoms with Gasteiger partial charge in [-0.1, -0.05) is 0 Å². The number of hydrogen-bond donors (Lipinski definition) is 0. The van der Waals surface area contributed by atoms with Crippen LogP contribution in [0.4, 0.5) is 0 Å². The molecule has 2 rings (SSSR count). The molecule has 0 aliphatic carbocycles. The SMILES string of the molecule is [CH3][Sn][c]1c(-c2sccc2C)sc(C)c1C. The van der Waals surface area contributed by atoms with Crippen molar-refractivity contribution in [2.45, 2.75) is 25.7 Å². The Bertz CT molecular complexity index is 480. The van der Waals surface area contributed by atoms with E-state index >= 15 is 0 Å². The van der Waals surface area contributed by atoms with E-state index in [1.165, 1.54) is 15.3 Å². The Labute approximate surface area is 110 Å². The molecule has 0 saturated carbocycles. The van der Waals surface area contributed by atoms with Crippen LogP contribution in [0.3, 0.4) is 0 Å². The van der Waals surface area contributed by atoms with Gasteiger partial charge in [-0.25, -0.2) is 0 Å². The van der Waals surface area contributed by atoms with Crippen molar-refractivity contribution in [3.8, 4) is 9.75 Å². The molecule has 0 nitrogen and oxygen atoms in total. The first kappa shape index (κ1) is 11.7. The molecule has 0 aromatic carbocycles. The molecule has 2 radical (unpaired) electrons. The van der Waals surface area contributed by atoms with Gasteiger partial charge < -0.3 is 0 Å². The van der Waals surface area contributed by atoms with Gasteiger partial charge in [0, 0.05) is 0 Å². The first-order valence-corrected chi connectivity index (χ1v) is 10.9. The number of rotatable bonds is 2. The van der Waals surface area contributed by atoms with Crippen LogP contribution in [-0.4, -0.2) is 21.1 Å². The second kappa shape index (κ2) is 4.60. The summed E-state index contributed by atoms with van der Waals surface area (Å²) in [5.41, 5.74) is 3.01. The monoisotopic (exact) mass is 342 g/mol. The van der Waals surface area contributed by atoms with Crippen LogP contribution in [0.2, 0.25) is 4.94 Å². The average molecular weight is 341 g/mol. The maximum atomic E-state index is 2.42. The van der Waals surface area contributed by atoms with E-state index in [2.05, 4.69) is 37.2 Å². The molecule has 2 aromatic rings. The topological polar surface area (TPSA) is 0 Å². The average Bonchev–Trinajstić information content (AvgIpc) is 2.73. The van der Waals surface area contributed by atoms with E-state index in [0.717, 1.165) is 0 Å². The van der Waals surface area contributed by atoms with Gasteiger partial charge in [-0.05, 0) is 0 Å². The van der Waals surface area contributed by atoms with Gasteiger partial charge in [0.15, 0.2) is 0 Å². The van der Waals surface area contributed by atoms with Gasteiger partial charge in [-0.15, -0.1) is 0 Å². The van der Waals surface area contributed by atoms with Crippen LogP contribution in [0.5, 0.6) is 0 Å². The van der Waals surface area contributed by atoms with Gasteiger partial charge in [-0.2, -0.15) is 0 Å². The van der Waals surface area contributed by atoms with Crippen LogP contribution in [0.1, 0.15) is 16.0 Å². The minimum absolute atomic E-state index is 0.338. The van der Waals surface area contributed by atoms with Gasteiger partial charge in [0.1, 0.15) is 0 Å². The van der Waals surface area contributed by atoms with E-state index in [1.54, 1.807) is 14.0 Å². The van der Waals surface area contributed by atoms with Gasteiger partial charge >= 0.3 is 110 Å². The molecule has 2 aromatic heterocycles. The van der Waals surface area contributed by atoms with Crippen molar-refractivity contribution in [1.29, 1.82) is 0 Å². The molecule has 0 amide bonds. The fourth-order valence-electron chi connectivity index (χ4n) is 1.69. The molecule has 0 fully saturated rings. The van der Waals surface area contributed by atoms with Crippen LogP contribution in [-0.2, 0) is 0 Å². The summed E-state index contributed by atoms with van der Waals surface area (Å²) in [5, 5.41) is 2.21. The Kier molecular flexibility index (Phi) is 3.58. The summed E-state index contributed by atoms with van der Waals surface area (Å²) in [6.45, 7) is 6.77. The zero-order chi connectivity index (χ0) is 11.0. The summed E-state index contributed by atoms with van der Waals surface area (Å²) in [7, 11) is 0. The zero-order valence-corrected chi connectivity index (χ0v) is 14.0. The molecule has 0 bridgehead atoms. The van der Waals surface area contributed by atoms with Crippen molar-refractivity contribution in [2.24, 2.45) is 0 Å². The van der Waals surface area contributed by atoms with Crippen molar-refractivity contribution in [3.05, 3.63) is 27.5 Å². The van der Waals surface area contributed by atoms with Crippen molar-refractivity contribution in [3.63, 3.8) is 0 Å². The first-order chi connectivity index (χ1) is 7.15. The summed E-state index contributed by atoms with van der Waals surface area (Å²) >= 11 is 3.54. The van der Waals surface area contributed by atoms with E-state index in [4.69, 9.17) is 0 Å². The summed E-state index contributed by atoms with van der Waals surface area (Å²) in [4.78, 5) is 7.01. The molecule has 0 atom stereocenters. The third kappa shape index (κ3) is 2.04. The number of thiophene rings is 2. The minimum atomic E-state index is -0.338. The van der Waals surface area contributed by atoms with Crippen LogP contribution in [0.25, 0.3) is 9.75 Å². The molecule has 0 N–H and O–H groups in total. The maximum absolute atomic E-state index is 2.42. The number of aryl methyl sites for hydroxylation is 2. The normalized spacial score (nSPS) is 10.9. The number of hydrogen-bond acceptors (Lipinski definition) is 2. The predicted octanol–water partition coefficient (Wildman–Crippen LogP) is 3.78. The summed E-state index contributed by atoms with van der Waals surface area (Å²) in [6.07, 6.45) is 0. The predicted molar refractivity (Wildman–Crippen MR) is 73.1 cm³/mol. The molecular formula is C12H14S2Sn. The molecule has 3 heteroatoms. The van der Waals surface area contributed by atoms with Crippen LogP contribution in [0, 0.1) is 20.8 Å². The Morgan fingerprint density at radius 3 is 2.40 bits per heavy atom. The van der Waals surface area contributed by atoms with E-state index in [-0.39, 0.29) is 21.1 Å². The molecule has 0 aliphatic rings. The second-order valence-corrected chi connectivity index (χ2v) is 8.67. The van der Waals surface area contributed by atoms with Crippen LogP contribution in [0.15, 0.2) is 11.4 Å². The molecular weight excluding hydrogens is 327 g/mol. The van der Waals surface area contributed by atoms with Crippen LogP contribution >= 0.6 is 22.7 Å². The molecule has 0 unspecified atom stereocenters. The zero-order valence-electron chi connectivity index (χ0n) is 9.47. The molecule has 0 spiro atoms. The molecule has 15 heavy (non-hydrogen) atoms. The molecule has 2 heterocycles. The molecule has 78 valence electrons. The Morgan fingerprint density at radius 1 is 1.13 bits per heavy atom. The Hall–Kier alpha value is 0.199. The first-order valence-electron chi connectivity index (χ1n) is 4.97. The summed E-state index contributed by atoms with van der Waals surface area (Å²) < 4.78 is 1.71. The summed E-state index contributed by atoms with van der Waals surface area (Å²) in [6, 6.07) is 2.23. The third-order valence-corrected chi connectivity index (χ3v) is 8.82. The van der Waals surface area contributed by atoms with Crippen molar-refractivity contribution >= 4 is 47.4 Å². The molecule has 0 aliphatic heterocycles. The van der Waals surface area contributed by atoms with E-state index in [0.29, 0.717) is 0 Å². The van der Waals surface area contributed by atoms with Gasteiger partial charge in [0.05, 0.1) is 0 Å². The fourth-order valence-corrected chi connectivity index (χ4v) is 8.15. The van der Waals surface area contributed by atoms with Gasteiger partial charge in [0.25, 0.3) is 0 Å². The summed E-state index contributed by atoms with van der Waals surface area (Å²) in [5.74, 6) is 0. The Morgan fingerprint density at radius 2 is 1.87 bits per heavy atom. The van der Waals surface area contributed by atoms with E-state index < -0.39 is 0 Å². The van der Waals surface area contributed by atoms with Crippen molar-refractivity contribution < 1.29 is 0 Å². The molecule has 0 saturated heterocycles. The van der Waals surface area contributed by atoms with Crippen molar-refractivity contribution in [2.75, 3.05) is 0 Å².